The molecule has 0 radical (unpaired) electrons. The number of thioether (sulfide) groups is 1. The van der Waals surface area contributed by atoms with Crippen LogP contribution in [0.4, 0.5) is 0 Å². The molecular weight excluding hydrogens is 384 g/mol. The Hall–Kier alpha value is -2.51. The van der Waals surface area contributed by atoms with Crippen LogP contribution < -0.4 is 4.74 Å². The molecule has 0 aliphatic carbocycles. The summed E-state index contributed by atoms with van der Waals surface area (Å²) in [7, 11) is 0. The highest BCUT2D eigenvalue weighted by atomic mass is 35.5. The largest absolute Gasteiger partial charge is 0.484 e. The first-order chi connectivity index (χ1) is 13.1. The number of aryl methyl sites for hydroxylation is 2. The summed E-state index contributed by atoms with van der Waals surface area (Å²) in [6.07, 6.45) is 3.77. The van der Waals surface area contributed by atoms with E-state index in [1.165, 1.54) is 11.8 Å². The van der Waals surface area contributed by atoms with Crippen molar-refractivity contribution in [3.8, 4) is 5.75 Å². The second-order valence-corrected chi connectivity index (χ2v) is 7.52. The van der Waals surface area contributed by atoms with E-state index >= 15 is 0 Å². The van der Waals surface area contributed by atoms with Gasteiger partial charge in [0.25, 0.3) is 11.1 Å². The smallest absolute Gasteiger partial charge is 0.277 e. The number of rotatable bonds is 6. The van der Waals surface area contributed by atoms with Crippen LogP contribution in [0.5, 0.6) is 5.75 Å². The van der Waals surface area contributed by atoms with Gasteiger partial charge in [0.2, 0.25) is 0 Å². The molecule has 0 saturated carbocycles. The average Bonchev–Trinajstić information content (AvgIpc) is 3.26. The first-order valence-electron chi connectivity index (χ1n) is 8.35. The fourth-order valence-corrected chi connectivity index (χ4v) is 3.41. The van der Waals surface area contributed by atoms with Crippen molar-refractivity contribution in [3.05, 3.63) is 70.5 Å². The van der Waals surface area contributed by atoms with E-state index in [9.17, 15) is 0 Å². The lowest BCUT2D eigenvalue weighted by atomic mass is 10.1. The monoisotopic (exact) mass is 400 g/mol. The quantitative estimate of drug-likeness (QED) is 0.430. The highest BCUT2D eigenvalue weighted by Crippen LogP contribution is 2.24. The van der Waals surface area contributed by atoms with E-state index < -0.39 is 0 Å². The molecule has 0 aliphatic heterocycles. The van der Waals surface area contributed by atoms with Crippen LogP contribution >= 0.6 is 23.4 Å². The topological polar surface area (TPSA) is 65.5 Å². The van der Waals surface area contributed by atoms with E-state index in [0.717, 1.165) is 28.2 Å². The van der Waals surface area contributed by atoms with Gasteiger partial charge in [0.15, 0.2) is 6.61 Å². The zero-order chi connectivity index (χ0) is 18.8. The number of aromatic nitrogens is 4. The molecule has 0 aliphatic rings. The third-order valence-corrected chi connectivity index (χ3v) is 5.03. The van der Waals surface area contributed by atoms with Gasteiger partial charge in [-0.1, -0.05) is 35.5 Å². The predicted octanol–water partition coefficient (Wildman–Crippen LogP) is 4.86. The van der Waals surface area contributed by atoms with E-state index in [4.69, 9.17) is 20.8 Å². The molecule has 1 aromatic carbocycles. The van der Waals surface area contributed by atoms with Crippen LogP contribution in [0.2, 0.25) is 5.02 Å². The van der Waals surface area contributed by atoms with E-state index in [-0.39, 0.29) is 6.61 Å². The van der Waals surface area contributed by atoms with Gasteiger partial charge in [-0.3, -0.25) is 0 Å². The maximum absolute atomic E-state index is 6.00. The Morgan fingerprint density at radius 2 is 2.04 bits per heavy atom. The summed E-state index contributed by atoms with van der Waals surface area (Å²) in [4.78, 5) is 4.54. The molecular formula is C19H17ClN4O2S. The summed E-state index contributed by atoms with van der Waals surface area (Å²) in [5.41, 5.74) is 3.98. The van der Waals surface area contributed by atoms with Gasteiger partial charge in [-0.05, 0) is 43.2 Å². The Balaban J connectivity index is 1.36. The lowest BCUT2D eigenvalue weighted by molar-refractivity contribution is 0.250. The van der Waals surface area contributed by atoms with Gasteiger partial charge in [0.05, 0.1) is 10.7 Å². The third-order valence-electron chi connectivity index (χ3n) is 3.95. The molecule has 0 bridgehead atoms. The average molecular weight is 401 g/mol. The van der Waals surface area contributed by atoms with Crippen molar-refractivity contribution in [1.29, 1.82) is 0 Å². The molecule has 0 saturated heterocycles. The number of fused-ring (bicyclic) bond motifs is 1. The maximum Gasteiger partial charge on any atom is 0.277 e. The molecule has 0 atom stereocenters. The molecule has 0 N–H and O–H groups in total. The van der Waals surface area contributed by atoms with Crippen molar-refractivity contribution < 1.29 is 9.15 Å². The molecule has 3 heterocycles. The number of pyridine rings is 1. The molecule has 8 heteroatoms. The summed E-state index contributed by atoms with van der Waals surface area (Å²) >= 11 is 7.43. The standard InChI is InChI=1S/C19H17ClN4O2S/c1-12-3-4-13(2)16(7-12)25-10-18-22-23-19(26-18)27-11-15-9-24-8-14(20)5-6-17(24)21-15/h3-9H,10-11H2,1-2H3. The Labute approximate surface area is 165 Å². The lowest BCUT2D eigenvalue weighted by Crippen LogP contribution is -1.97. The molecule has 27 heavy (non-hydrogen) atoms. The van der Waals surface area contributed by atoms with Crippen molar-refractivity contribution >= 4 is 29.0 Å². The molecule has 138 valence electrons. The van der Waals surface area contributed by atoms with Crippen LogP contribution in [0.25, 0.3) is 5.65 Å². The van der Waals surface area contributed by atoms with Crippen molar-refractivity contribution in [2.24, 2.45) is 0 Å². The Kier molecular flexibility index (Phi) is 5.05. The van der Waals surface area contributed by atoms with Crippen LogP contribution in [0.3, 0.4) is 0 Å². The third kappa shape index (κ3) is 4.26. The van der Waals surface area contributed by atoms with Crippen molar-refractivity contribution in [2.45, 2.75) is 31.4 Å². The fraction of sp³-hybridized carbons (Fsp3) is 0.211. The minimum absolute atomic E-state index is 0.241. The highest BCUT2D eigenvalue weighted by Gasteiger charge is 2.10. The van der Waals surface area contributed by atoms with Crippen LogP contribution in [0.15, 0.2) is 52.4 Å². The minimum Gasteiger partial charge on any atom is -0.484 e. The van der Waals surface area contributed by atoms with E-state index in [2.05, 4.69) is 21.2 Å². The van der Waals surface area contributed by atoms with Crippen LogP contribution in [-0.4, -0.2) is 19.6 Å². The number of benzene rings is 1. The first kappa shape index (κ1) is 17.9. The van der Waals surface area contributed by atoms with Crippen LogP contribution in [0, 0.1) is 13.8 Å². The minimum atomic E-state index is 0.241. The van der Waals surface area contributed by atoms with Gasteiger partial charge in [0.1, 0.15) is 11.4 Å². The Bertz CT molecular complexity index is 1090. The zero-order valence-corrected chi connectivity index (χ0v) is 16.4. The molecule has 4 aromatic rings. The number of ether oxygens (including phenoxy) is 1. The zero-order valence-electron chi connectivity index (χ0n) is 14.8. The van der Waals surface area contributed by atoms with Gasteiger partial charge in [-0.2, -0.15) is 0 Å². The van der Waals surface area contributed by atoms with E-state index in [1.54, 1.807) is 0 Å². The van der Waals surface area contributed by atoms with Crippen molar-refractivity contribution in [3.63, 3.8) is 0 Å². The predicted molar refractivity (Wildman–Crippen MR) is 104 cm³/mol. The van der Waals surface area contributed by atoms with E-state index in [1.807, 2.05) is 54.9 Å². The number of nitrogens with zero attached hydrogens (tertiary/aromatic N) is 4. The van der Waals surface area contributed by atoms with Gasteiger partial charge in [-0.15, -0.1) is 10.2 Å². The summed E-state index contributed by atoms with van der Waals surface area (Å²) in [6.45, 7) is 4.28. The first-order valence-corrected chi connectivity index (χ1v) is 9.71. The van der Waals surface area contributed by atoms with Crippen molar-refractivity contribution in [2.75, 3.05) is 0 Å². The Morgan fingerprint density at radius 1 is 1.15 bits per heavy atom. The van der Waals surface area contributed by atoms with Crippen LogP contribution in [0.1, 0.15) is 22.7 Å². The second kappa shape index (κ2) is 7.62. The molecule has 0 fully saturated rings. The summed E-state index contributed by atoms with van der Waals surface area (Å²) in [5.74, 6) is 1.89. The lowest BCUT2D eigenvalue weighted by Gasteiger charge is -2.07. The molecule has 0 unspecified atom stereocenters. The van der Waals surface area contributed by atoms with Gasteiger partial charge in [-0.25, -0.2) is 4.98 Å². The second-order valence-electron chi connectivity index (χ2n) is 6.15. The molecule has 4 rings (SSSR count). The number of imidazole rings is 1. The number of hydrogen-bond acceptors (Lipinski definition) is 6. The normalized spacial score (nSPS) is 11.2. The number of halogens is 1. The van der Waals surface area contributed by atoms with Crippen LogP contribution in [-0.2, 0) is 12.4 Å². The van der Waals surface area contributed by atoms with Gasteiger partial charge in [0, 0.05) is 18.1 Å². The maximum atomic E-state index is 6.00. The summed E-state index contributed by atoms with van der Waals surface area (Å²) < 4.78 is 13.3. The highest BCUT2D eigenvalue weighted by molar-refractivity contribution is 7.98. The molecule has 0 amide bonds. The van der Waals surface area contributed by atoms with Gasteiger partial charge < -0.3 is 13.6 Å². The van der Waals surface area contributed by atoms with Gasteiger partial charge >= 0.3 is 0 Å². The molecule has 3 aromatic heterocycles. The Morgan fingerprint density at radius 3 is 2.93 bits per heavy atom. The summed E-state index contributed by atoms with van der Waals surface area (Å²) in [6, 6.07) is 9.78. The molecule has 6 nitrogen and oxygen atoms in total. The number of hydrogen-bond donors (Lipinski definition) is 0. The van der Waals surface area contributed by atoms with E-state index in [0.29, 0.717) is 21.9 Å². The summed E-state index contributed by atoms with van der Waals surface area (Å²) in [5, 5.41) is 9.27. The fourth-order valence-electron chi connectivity index (χ4n) is 2.58. The molecule has 0 spiro atoms. The van der Waals surface area contributed by atoms with Crippen molar-refractivity contribution in [1.82, 2.24) is 19.6 Å². The SMILES string of the molecule is Cc1ccc(C)c(OCc2nnc(SCc3cn4cc(Cl)ccc4n3)o2)c1.